The first kappa shape index (κ1) is 21.0. The number of fused-ring (bicyclic) bond motifs is 3. The highest BCUT2D eigenvalue weighted by molar-refractivity contribution is 6.31. The van der Waals surface area contributed by atoms with Crippen LogP contribution in [-0.2, 0) is 10.2 Å². The van der Waals surface area contributed by atoms with E-state index in [1.165, 1.54) is 18.4 Å². The number of halogens is 1. The molecule has 7 heteroatoms. The van der Waals surface area contributed by atoms with E-state index in [-0.39, 0.29) is 5.91 Å². The molecule has 3 heterocycles. The van der Waals surface area contributed by atoms with Crippen LogP contribution in [0.5, 0.6) is 5.75 Å². The summed E-state index contributed by atoms with van der Waals surface area (Å²) in [7, 11) is 0. The van der Waals surface area contributed by atoms with Crippen LogP contribution in [-0.4, -0.2) is 46.8 Å². The van der Waals surface area contributed by atoms with Crippen molar-refractivity contribution in [1.29, 1.82) is 0 Å². The van der Waals surface area contributed by atoms with Crippen LogP contribution in [0.25, 0.3) is 10.9 Å². The van der Waals surface area contributed by atoms with Crippen molar-refractivity contribution in [1.82, 2.24) is 14.7 Å². The van der Waals surface area contributed by atoms with Gasteiger partial charge in [0.2, 0.25) is 5.91 Å². The average Bonchev–Trinajstić information content (AvgIpc) is 3.32. The second kappa shape index (κ2) is 8.03. The van der Waals surface area contributed by atoms with Crippen molar-refractivity contribution in [2.45, 2.75) is 44.1 Å². The molecular weight excluding hydrogens is 436 g/mol. The quantitative estimate of drug-likeness (QED) is 0.575. The fraction of sp³-hybridized carbons (Fsp3) is 0.462. The lowest BCUT2D eigenvalue weighted by molar-refractivity contribution is -0.122. The molecule has 1 N–H and O–H groups in total. The van der Waals surface area contributed by atoms with Crippen LogP contribution in [0, 0.1) is 5.92 Å². The van der Waals surface area contributed by atoms with Crippen LogP contribution < -0.4 is 10.1 Å². The largest absolute Gasteiger partial charge is 0.492 e. The first-order valence-corrected chi connectivity index (χ1v) is 12.3. The molecule has 0 unspecified atom stereocenters. The summed E-state index contributed by atoms with van der Waals surface area (Å²) in [4.78, 5) is 15.2. The first-order chi connectivity index (χ1) is 16.0. The zero-order valence-electron chi connectivity index (χ0n) is 18.9. The van der Waals surface area contributed by atoms with Crippen LogP contribution in [0.2, 0.25) is 5.02 Å². The summed E-state index contributed by atoms with van der Waals surface area (Å²) in [6, 6.07) is 12.5. The molecule has 2 aliphatic heterocycles. The van der Waals surface area contributed by atoms with Gasteiger partial charge in [0.15, 0.2) is 0 Å². The van der Waals surface area contributed by atoms with Gasteiger partial charge in [-0.3, -0.25) is 14.4 Å². The Morgan fingerprint density at radius 3 is 2.79 bits per heavy atom. The second-order valence-corrected chi connectivity index (χ2v) is 10.4. The van der Waals surface area contributed by atoms with Crippen molar-refractivity contribution in [2.75, 3.05) is 31.6 Å². The lowest BCUT2D eigenvalue weighted by atomic mass is 9.73. The van der Waals surface area contributed by atoms with E-state index < -0.39 is 5.41 Å². The highest BCUT2D eigenvalue weighted by Crippen LogP contribution is 2.45. The summed E-state index contributed by atoms with van der Waals surface area (Å²) in [6.07, 6.45) is 5.99. The molecule has 1 saturated carbocycles. The van der Waals surface area contributed by atoms with Crippen molar-refractivity contribution in [3.05, 3.63) is 53.2 Å². The van der Waals surface area contributed by atoms with Crippen LogP contribution in [0.4, 0.5) is 5.69 Å². The number of likely N-dealkylation sites (tertiary alicyclic amines) is 1. The first-order valence-electron chi connectivity index (χ1n) is 12.0. The van der Waals surface area contributed by atoms with Crippen molar-refractivity contribution in [3.63, 3.8) is 0 Å². The van der Waals surface area contributed by atoms with Crippen molar-refractivity contribution >= 4 is 34.1 Å². The van der Waals surface area contributed by atoms with Gasteiger partial charge in [-0.2, -0.15) is 5.10 Å². The third-order valence-electron chi connectivity index (χ3n) is 7.83. The SMILES string of the molecule is C[C@H]1C[C@@H](n2ncc3cc(OCCN4CCC5(CC4)C(=O)Nc4ccc(Cl)cc45)ccc32)C1. The topological polar surface area (TPSA) is 59.4 Å². The van der Waals surface area contributed by atoms with E-state index >= 15 is 0 Å². The molecule has 3 aromatic rings. The molecule has 1 spiro atoms. The van der Waals surface area contributed by atoms with E-state index in [0.29, 0.717) is 17.7 Å². The number of benzene rings is 2. The monoisotopic (exact) mass is 464 g/mol. The van der Waals surface area contributed by atoms with E-state index in [9.17, 15) is 4.79 Å². The van der Waals surface area contributed by atoms with Crippen LogP contribution >= 0.6 is 11.6 Å². The van der Waals surface area contributed by atoms with Gasteiger partial charge in [0.1, 0.15) is 12.4 Å². The minimum atomic E-state index is -0.443. The van der Waals surface area contributed by atoms with E-state index in [2.05, 4.69) is 45.1 Å². The molecule has 1 aromatic heterocycles. The Labute approximate surface area is 198 Å². The molecule has 33 heavy (non-hydrogen) atoms. The Morgan fingerprint density at radius 2 is 2.00 bits per heavy atom. The summed E-state index contributed by atoms with van der Waals surface area (Å²) in [5, 5.41) is 9.49. The molecule has 1 amide bonds. The predicted octanol–water partition coefficient (Wildman–Crippen LogP) is 5.03. The Balaban J connectivity index is 1.05. The van der Waals surface area contributed by atoms with E-state index in [1.54, 1.807) is 0 Å². The number of amides is 1. The zero-order valence-corrected chi connectivity index (χ0v) is 19.6. The Hall–Kier alpha value is -2.57. The Kier molecular flexibility index (Phi) is 5.11. The van der Waals surface area contributed by atoms with Gasteiger partial charge in [0.25, 0.3) is 0 Å². The highest BCUT2D eigenvalue weighted by atomic mass is 35.5. The third kappa shape index (κ3) is 3.60. The molecule has 172 valence electrons. The zero-order chi connectivity index (χ0) is 22.6. The highest BCUT2D eigenvalue weighted by Gasteiger charge is 2.48. The number of anilines is 1. The lowest BCUT2D eigenvalue weighted by Gasteiger charge is -2.38. The molecule has 2 fully saturated rings. The number of rotatable bonds is 5. The van der Waals surface area contributed by atoms with Gasteiger partial charge in [-0.15, -0.1) is 0 Å². The Morgan fingerprint density at radius 1 is 1.18 bits per heavy atom. The number of piperidine rings is 1. The van der Waals surface area contributed by atoms with Gasteiger partial charge >= 0.3 is 0 Å². The van der Waals surface area contributed by atoms with Crippen LogP contribution in [0.15, 0.2) is 42.6 Å². The van der Waals surface area contributed by atoms with Gasteiger partial charge in [0.05, 0.1) is 23.2 Å². The summed E-state index contributed by atoms with van der Waals surface area (Å²) in [5.74, 6) is 1.80. The van der Waals surface area contributed by atoms with Gasteiger partial charge in [-0.25, -0.2) is 0 Å². The van der Waals surface area contributed by atoms with Crippen molar-refractivity contribution in [2.24, 2.45) is 5.92 Å². The third-order valence-corrected chi connectivity index (χ3v) is 8.06. The minimum Gasteiger partial charge on any atom is -0.492 e. The van der Waals surface area contributed by atoms with Crippen molar-refractivity contribution in [3.8, 4) is 5.75 Å². The second-order valence-electron chi connectivity index (χ2n) is 9.96. The lowest BCUT2D eigenvalue weighted by Crippen LogP contribution is -2.47. The minimum absolute atomic E-state index is 0.112. The molecule has 0 bridgehead atoms. The fourth-order valence-electron chi connectivity index (χ4n) is 5.80. The number of hydrogen-bond donors (Lipinski definition) is 1. The molecular formula is C26H29ClN4O2. The summed E-state index contributed by atoms with van der Waals surface area (Å²) < 4.78 is 8.25. The molecule has 6 rings (SSSR count). The summed E-state index contributed by atoms with van der Waals surface area (Å²) >= 11 is 6.23. The number of nitrogens with one attached hydrogen (secondary N) is 1. The Bertz CT molecular complexity index is 1210. The molecule has 1 aliphatic carbocycles. The van der Waals surface area contributed by atoms with Crippen LogP contribution in [0.1, 0.15) is 44.2 Å². The van der Waals surface area contributed by atoms with Gasteiger partial charge in [-0.05, 0) is 86.7 Å². The molecule has 3 aliphatic rings. The summed E-state index contributed by atoms with van der Waals surface area (Å²) in [5.41, 5.74) is 2.71. The maximum Gasteiger partial charge on any atom is 0.235 e. The standard InChI is InChI=1S/C26H29ClN4O2/c1-17-12-20(13-17)31-24-5-3-21(14-18(24)16-28-31)33-11-10-30-8-6-26(7-9-30)22-15-19(27)2-4-23(22)29-25(26)32/h2-5,14-17,20H,6-13H2,1H3,(H,29,32)/t17-,20+. The normalized spacial score (nSPS) is 24.0. The number of nitrogens with zero attached hydrogens (tertiary/aromatic N) is 3. The maximum atomic E-state index is 12.8. The van der Waals surface area contributed by atoms with Gasteiger partial charge in [-0.1, -0.05) is 18.5 Å². The van der Waals surface area contributed by atoms with Crippen molar-refractivity contribution < 1.29 is 9.53 Å². The smallest absolute Gasteiger partial charge is 0.235 e. The molecule has 2 aromatic carbocycles. The predicted molar refractivity (Wildman–Crippen MR) is 130 cm³/mol. The molecule has 0 atom stereocenters. The molecule has 0 radical (unpaired) electrons. The van der Waals surface area contributed by atoms with Gasteiger partial charge < -0.3 is 10.1 Å². The number of carbonyl (C=O) groups excluding carboxylic acids is 1. The molecule has 1 saturated heterocycles. The van der Waals surface area contributed by atoms with Crippen LogP contribution in [0.3, 0.4) is 0 Å². The average molecular weight is 465 g/mol. The van der Waals surface area contributed by atoms with E-state index in [1.807, 2.05) is 24.4 Å². The fourth-order valence-corrected chi connectivity index (χ4v) is 5.98. The van der Waals surface area contributed by atoms with E-state index in [0.717, 1.165) is 60.8 Å². The van der Waals surface area contributed by atoms with Gasteiger partial charge in [0, 0.05) is 22.6 Å². The number of hydrogen-bond acceptors (Lipinski definition) is 4. The van der Waals surface area contributed by atoms with E-state index in [4.69, 9.17) is 16.3 Å². The summed E-state index contributed by atoms with van der Waals surface area (Å²) in [6.45, 7) is 5.51. The number of aromatic nitrogens is 2. The maximum absolute atomic E-state index is 12.8. The molecule has 6 nitrogen and oxygen atoms in total. The number of carbonyl (C=O) groups is 1. The number of ether oxygens (including phenoxy) is 1.